The molecule has 0 unspecified atom stereocenters. The predicted octanol–water partition coefficient (Wildman–Crippen LogP) is 0.475. The van der Waals surface area contributed by atoms with E-state index in [-0.39, 0.29) is 5.71 Å². The highest BCUT2D eigenvalue weighted by Gasteiger charge is 2.28. The normalized spacial score (nSPS) is 18.8. The first kappa shape index (κ1) is 12.7. The van der Waals surface area contributed by atoms with Crippen LogP contribution >= 0.6 is 0 Å². The number of hydrogen-bond donors (Lipinski definition) is 0. The van der Waals surface area contributed by atoms with E-state index in [1.165, 1.54) is 17.5 Å². The maximum Gasteiger partial charge on any atom is 0.357 e. The molecule has 1 heterocycles. The van der Waals surface area contributed by atoms with Crippen molar-refractivity contribution in [3.63, 3.8) is 0 Å². The Labute approximate surface area is 94.8 Å². The number of allylic oxidation sites excluding steroid dienone is 1. The van der Waals surface area contributed by atoms with E-state index in [4.69, 9.17) is 0 Å². The highest BCUT2D eigenvalue weighted by Crippen LogP contribution is 2.18. The van der Waals surface area contributed by atoms with Crippen molar-refractivity contribution in [2.24, 2.45) is 4.40 Å². The van der Waals surface area contributed by atoms with Crippen LogP contribution in [-0.2, 0) is 19.7 Å². The summed E-state index contributed by atoms with van der Waals surface area (Å²) in [7, 11) is -2.61. The van der Waals surface area contributed by atoms with Crippen molar-refractivity contribution >= 4 is 21.9 Å². The van der Waals surface area contributed by atoms with E-state index < -0.39 is 16.2 Å². The van der Waals surface area contributed by atoms with Crippen molar-refractivity contribution in [2.75, 3.05) is 13.7 Å². The smallest absolute Gasteiger partial charge is 0.357 e. The highest BCUT2D eigenvalue weighted by atomic mass is 32.2. The van der Waals surface area contributed by atoms with Gasteiger partial charge in [0.15, 0.2) is 5.71 Å². The molecule has 0 bridgehead atoms. The lowest BCUT2D eigenvalue weighted by atomic mass is 10.3. The lowest BCUT2D eigenvalue weighted by Gasteiger charge is -2.24. The van der Waals surface area contributed by atoms with E-state index in [2.05, 4.69) is 9.13 Å². The van der Waals surface area contributed by atoms with Gasteiger partial charge in [-0.05, 0) is 19.4 Å². The minimum absolute atomic E-state index is 0.188. The summed E-state index contributed by atoms with van der Waals surface area (Å²) in [5, 5.41) is 0. The Morgan fingerprint density at radius 2 is 2.19 bits per heavy atom. The third-order valence-corrected chi connectivity index (χ3v) is 3.51. The third kappa shape index (κ3) is 2.41. The molecule has 0 saturated carbocycles. The monoisotopic (exact) mass is 246 g/mol. The summed E-state index contributed by atoms with van der Waals surface area (Å²) in [6, 6.07) is 0. The fourth-order valence-electron chi connectivity index (χ4n) is 1.35. The maximum absolute atomic E-state index is 11.7. The molecule has 7 heteroatoms. The lowest BCUT2D eigenvalue weighted by Crippen LogP contribution is -2.34. The van der Waals surface area contributed by atoms with Crippen LogP contribution in [0, 0.1) is 0 Å². The number of nitrogens with zero attached hydrogens (tertiary/aromatic N) is 2. The van der Waals surface area contributed by atoms with Crippen molar-refractivity contribution in [1.29, 1.82) is 0 Å². The van der Waals surface area contributed by atoms with Gasteiger partial charge in [-0.25, -0.2) is 4.79 Å². The quantitative estimate of drug-likeness (QED) is 0.678. The summed E-state index contributed by atoms with van der Waals surface area (Å²) in [4.78, 5) is 11.2. The Hall–Kier alpha value is -1.37. The van der Waals surface area contributed by atoms with Crippen LogP contribution in [0.1, 0.15) is 20.3 Å². The van der Waals surface area contributed by atoms with Gasteiger partial charge < -0.3 is 4.74 Å². The number of rotatable bonds is 3. The molecule has 0 aromatic carbocycles. The van der Waals surface area contributed by atoms with E-state index in [0.29, 0.717) is 18.7 Å². The Bertz CT molecular complexity index is 450. The first-order valence-electron chi connectivity index (χ1n) is 4.81. The van der Waals surface area contributed by atoms with Crippen LogP contribution in [0.3, 0.4) is 0 Å². The second kappa shape index (κ2) is 4.65. The average Bonchev–Trinajstić information content (AvgIpc) is 2.21. The second-order valence-corrected chi connectivity index (χ2v) is 4.82. The number of methoxy groups -OCH3 is 1. The van der Waals surface area contributed by atoms with Crippen molar-refractivity contribution in [2.45, 2.75) is 20.3 Å². The van der Waals surface area contributed by atoms with E-state index in [1.807, 2.05) is 6.92 Å². The standard InChI is InChI=1S/C9H14N2O4S/c1-4-5-11-7(2)6-8(9(12)15-3)10-16(11,13)14/h6H,4-5H2,1-3H3. The fraction of sp³-hybridized carbons (Fsp3) is 0.556. The maximum atomic E-state index is 11.7. The second-order valence-electron chi connectivity index (χ2n) is 3.30. The molecule has 90 valence electrons. The van der Waals surface area contributed by atoms with Crippen LogP contribution in [0.2, 0.25) is 0 Å². The minimum atomic E-state index is -3.79. The van der Waals surface area contributed by atoms with Gasteiger partial charge in [0, 0.05) is 12.2 Å². The largest absolute Gasteiger partial charge is 0.464 e. The van der Waals surface area contributed by atoms with Crippen molar-refractivity contribution in [3.8, 4) is 0 Å². The molecule has 0 spiro atoms. The first-order valence-corrected chi connectivity index (χ1v) is 6.21. The molecule has 0 aliphatic carbocycles. The lowest BCUT2D eigenvalue weighted by molar-refractivity contribution is -0.132. The summed E-state index contributed by atoms with van der Waals surface area (Å²) < 4.78 is 32.4. The Morgan fingerprint density at radius 3 is 2.62 bits per heavy atom. The van der Waals surface area contributed by atoms with Gasteiger partial charge in [-0.3, -0.25) is 4.31 Å². The molecule has 16 heavy (non-hydrogen) atoms. The van der Waals surface area contributed by atoms with E-state index in [9.17, 15) is 13.2 Å². The Balaban J connectivity index is 3.12. The summed E-state index contributed by atoms with van der Waals surface area (Å²) in [5.74, 6) is -0.751. The number of carbonyl (C=O) groups excluding carboxylic acids is 1. The third-order valence-electron chi connectivity index (χ3n) is 2.05. The van der Waals surface area contributed by atoms with Crippen LogP contribution in [-0.4, -0.2) is 38.1 Å². The Kier molecular flexibility index (Phi) is 3.69. The molecule has 0 fully saturated rings. The van der Waals surface area contributed by atoms with Crippen molar-refractivity contribution in [3.05, 3.63) is 11.8 Å². The SMILES string of the molecule is CCCN1C(C)=CC(C(=O)OC)=NS1(=O)=O. The molecule has 1 aliphatic heterocycles. The summed E-state index contributed by atoms with van der Waals surface area (Å²) in [6.07, 6.45) is 2.08. The van der Waals surface area contributed by atoms with Crippen LogP contribution in [0.15, 0.2) is 16.2 Å². The van der Waals surface area contributed by atoms with Crippen LogP contribution in [0.4, 0.5) is 0 Å². The summed E-state index contributed by atoms with van der Waals surface area (Å²) >= 11 is 0. The zero-order chi connectivity index (χ0) is 12.3. The molecule has 1 rings (SSSR count). The van der Waals surface area contributed by atoms with Crippen LogP contribution < -0.4 is 0 Å². The number of ether oxygens (including phenoxy) is 1. The van der Waals surface area contributed by atoms with Gasteiger partial charge in [-0.2, -0.15) is 8.42 Å². The van der Waals surface area contributed by atoms with Gasteiger partial charge >= 0.3 is 16.2 Å². The minimum Gasteiger partial charge on any atom is -0.464 e. The van der Waals surface area contributed by atoms with Crippen molar-refractivity contribution < 1.29 is 17.9 Å². The molecule has 6 nitrogen and oxygen atoms in total. The highest BCUT2D eigenvalue weighted by molar-refractivity contribution is 7.88. The molecule has 0 aromatic heterocycles. The molecule has 0 radical (unpaired) electrons. The van der Waals surface area contributed by atoms with Gasteiger partial charge in [-0.15, -0.1) is 4.40 Å². The zero-order valence-corrected chi connectivity index (χ0v) is 10.2. The van der Waals surface area contributed by atoms with Crippen LogP contribution in [0.5, 0.6) is 0 Å². The predicted molar refractivity (Wildman–Crippen MR) is 59.1 cm³/mol. The molecule has 1 aliphatic rings. The van der Waals surface area contributed by atoms with Gasteiger partial charge in [0.05, 0.1) is 7.11 Å². The summed E-state index contributed by atoms with van der Waals surface area (Å²) in [6.45, 7) is 3.83. The Morgan fingerprint density at radius 1 is 1.56 bits per heavy atom. The van der Waals surface area contributed by atoms with Gasteiger partial charge in [0.25, 0.3) is 0 Å². The fourth-order valence-corrected chi connectivity index (χ4v) is 2.65. The van der Waals surface area contributed by atoms with E-state index >= 15 is 0 Å². The number of esters is 1. The topological polar surface area (TPSA) is 76.0 Å². The van der Waals surface area contributed by atoms with E-state index in [0.717, 1.165) is 0 Å². The number of hydrogen-bond acceptors (Lipinski definition) is 4. The molecule has 0 atom stereocenters. The molecular weight excluding hydrogens is 232 g/mol. The van der Waals surface area contributed by atoms with Gasteiger partial charge in [0.1, 0.15) is 0 Å². The average molecular weight is 246 g/mol. The van der Waals surface area contributed by atoms with Crippen LogP contribution in [0.25, 0.3) is 0 Å². The van der Waals surface area contributed by atoms with E-state index in [1.54, 1.807) is 6.92 Å². The number of carbonyl (C=O) groups is 1. The molecule has 0 amide bonds. The molecule has 0 saturated heterocycles. The first-order chi connectivity index (χ1) is 7.42. The molecule has 0 aromatic rings. The van der Waals surface area contributed by atoms with Gasteiger partial charge in [0.2, 0.25) is 0 Å². The zero-order valence-electron chi connectivity index (χ0n) is 9.43. The van der Waals surface area contributed by atoms with Gasteiger partial charge in [-0.1, -0.05) is 6.92 Å². The summed E-state index contributed by atoms with van der Waals surface area (Å²) in [5.41, 5.74) is 0.282. The van der Waals surface area contributed by atoms with Crippen molar-refractivity contribution in [1.82, 2.24) is 4.31 Å². The molecule has 0 N–H and O–H groups in total. The molecular formula is C9H14N2O4S.